The standard InChI is InChI=1S/C16H28N4O2.CH2O2/c1-3-9-20(12-15-17-8-10-19(15)2)16(21)18-7-6-14-5-4-11-22-13-14;2-1-3/h8,10,14H,3-7,9,11-13H2,1-2H3,(H,18,21);1H,(H,2,3). The van der Waals surface area contributed by atoms with Crippen molar-refractivity contribution in [3.8, 4) is 0 Å². The van der Waals surface area contributed by atoms with Crippen molar-refractivity contribution in [3.63, 3.8) is 0 Å². The highest BCUT2D eigenvalue weighted by molar-refractivity contribution is 5.74. The van der Waals surface area contributed by atoms with Crippen molar-refractivity contribution in [1.29, 1.82) is 0 Å². The molecule has 1 aliphatic rings. The topological polar surface area (TPSA) is 96.7 Å². The molecule has 0 aliphatic carbocycles. The smallest absolute Gasteiger partial charge is 0.317 e. The van der Waals surface area contributed by atoms with Crippen molar-refractivity contribution < 1.29 is 19.4 Å². The van der Waals surface area contributed by atoms with Gasteiger partial charge in [-0.15, -0.1) is 0 Å². The Morgan fingerprint density at radius 2 is 2.36 bits per heavy atom. The van der Waals surface area contributed by atoms with Crippen LogP contribution in [0.4, 0.5) is 4.79 Å². The van der Waals surface area contributed by atoms with Gasteiger partial charge in [0, 0.05) is 45.7 Å². The summed E-state index contributed by atoms with van der Waals surface area (Å²) in [6.07, 6.45) is 7.95. The van der Waals surface area contributed by atoms with Gasteiger partial charge in [-0.25, -0.2) is 9.78 Å². The number of carboxylic acid groups (broad SMARTS) is 1. The van der Waals surface area contributed by atoms with Crippen LogP contribution in [0, 0.1) is 5.92 Å². The van der Waals surface area contributed by atoms with E-state index in [1.54, 1.807) is 6.20 Å². The van der Waals surface area contributed by atoms with Gasteiger partial charge in [-0.3, -0.25) is 4.79 Å². The Kier molecular flexibility index (Phi) is 10.3. The summed E-state index contributed by atoms with van der Waals surface area (Å²) in [5.74, 6) is 1.49. The number of hydrogen-bond donors (Lipinski definition) is 2. The zero-order valence-corrected chi connectivity index (χ0v) is 15.2. The molecule has 1 aromatic rings. The summed E-state index contributed by atoms with van der Waals surface area (Å²) in [5.41, 5.74) is 0. The molecule has 142 valence electrons. The minimum absolute atomic E-state index is 0.00146. The van der Waals surface area contributed by atoms with Gasteiger partial charge in [-0.05, 0) is 31.6 Å². The monoisotopic (exact) mass is 354 g/mol. The molecule has 8 heteroatoms. The van der Waals surface area contributed by atoms with Gasteiger partial charge in [-0.2, -0.15) is 0 Å². The number of aryl methyl sites for hydroxylation is 1. The molecule has 1 aliphatic heterocycles. The third kappa shape index (κ3) is 8.02. The zero-order valence-electron chi connectivity index (χ0n) is 15.2. The van der Waals surface area contributed by atoms with Crippen LogP contribution in [0.3, 0.4) is 0 Å². The molecule has 0 spiro atoms. The summed E-state index contributed by atoms with van der Waals surface area (Å²) < 4.78 is 7.43. The van der Waals surface area contributed by atoms with E-state index in [1.807, 2.05) is 22.7 Å². The first-order chi connectivity index (χ1) is 12.1. The summed E-state index contributed by atoms with van der Waals surface area (Å²) in [4.78, 5) is 26.9. The molecule has 0 saturated carbocycles. The summed E-state index contributed by atoms with van der Waals surface area (Å²) in [6.45, 7) is 5.56. The molecule has 1 fully saturated rings. The number of nitrogens with one attached hydrogen (secondary N) is 1. The maximum absolute atomic E-state index is 12.4. The average molecular weight is 354 g/mol. The number of nitrogens with zero attached hydrogens (tertiary/aromatic N) is 3. The van der Waals surface area contributed by atoms with Gasteiger partial charge in [0.1, 0.15) is 5.82 Å². The van der Waals surface area contributed by atoms with Crippen LogP contribution in [0.15, 0.2) is 12.4 Å². The molecule has 1 unspecified atom stereocenters. The van der Waals surface area contributed by atoms with E-state index in [0.29, 0.717) is 19.0 Å². The van der Waals surface area contributed by atoms with Crippen molar-refractivity contribution in [1.82, 2.24) is 19.8 Å². The minimum atomic E-state index is -0.250. The van der Waals surface area contributed by atoms with E-state index >= 15 is 0 Å². The van der Waals surface area contributed by atoms with E-state index in [-0.39, 0.29) is 12.5 Å². The van der Waals surface area contributed by atoms with Crippen LogP contribution >= 0.6 is 0 Å². The van der Waals surface area contributed by atoms with Crippen LogP contribution in [-0.2, 0) is 23.1 Å². The Morgan fingerprint density at radius 1 is 1.60 bits per heavy atom. The molecule has 2 amide bonds. The van der Waals surface area contributed by atoms with Crippen LogP contribution in [0.2, 0.25) is 0 Å². The van der Waals surface area contributed by atoms with Gasteiger partial charge >= 0.3 is 6.03 Å². The fourth-order valence-corrected chi connectivity index (χ4v) is 2.77. The molecule has 0 radical (unpaired) electrons. The largest absolute Gasteiger partial charge is 0.483 e. The molecular formula is C17H30N4O4. The maximum atomic E-state index is 12.4. The lowest BCUT2D eigenvalue weighted by Gasteiger charge is -2.24. The first-order valence-electron chi connectivity index (χ1n) is 8.76. The number of urea groups is 1. The van der Waals surface area contributed by atoms with Gasteiger partial charge in [-0.1, -0.05) is 6.92 Å². The number of rotatable bonds is 7. The average Bonchev–Trinajstić information content (AvgIpc) is 3.01. The molecule has 0 bridgehead atoms. The van der Waals surface area contributed by atoms with E-state index in [1.165, 1.54) is 6.42 Å². The quantitative estimate of drug-likeness (QED) is 0.729. The fourth-order valence-electron chi connectivity index (χ4n) is 2.77. The predicted octanol–water partition coefficient (Wildman–Crippen LogP) is 1.86. The third-order valence-corrected chi connectivity index (χ3v) is 4.12. The summed E-state index contributed by atoms with van der Waals surface area (Å²) >= 11 is 0. The summed E-state index contributed by atoms with van der Waals surface area (Å²) in [6, 6.07) is 0.00146. The molecule has 1 atom stereocenters. The molecule has 0 aromatic carbocycles. The van der Waals surface area contributed by atoms with Crippen LogP contribution in [-0.4, -0.2) is 58.4 Å². The number of ether oxygens (including phenoxy) is 1. The van der Waals surface area contributed by atoms with Gasteiger partial charge < -0.3 is 24.6 Å². The molecule has 2 N–H and O–H groups in total. The predicted molar refractivity (Wildman–Crippen MR) is 94.2 cm³/mol. The number of imidazole rings is 1. The SMILES string of the molecule is CCCN(Cc1nccn1C)C(=O)NCCC1CCCOC1.O=CO. The van der Waals surface area contributed by atoms with Gasteiger partial charge in [0.05, 0.1) is 6.54 Å². The second-order valence-corrected chi connectivity index (χ2v) is 6.09. The van der Waals surface area contributed by atoms with Crippen LogP contribution in [0.1, 0.15) is 38.4 Å². The van der Waals surface area contributed by atoms with Crippen molar-refractivity contribution >= 4 is 12.5 Å². The van der Waals surface area contributed by atoms with E-state index in [2.05, 4.69) is 17.2 Å². The highest BCUT2D eigenvalue weighted by Gasteiger charge is 2.17. The van der Waals surface area contributed by atoms with E-state index in [9.17, 15) is 4.79 Å². The van der Waals surface area contributed by atoms with Gasteiger partial charge in [0.25, 0.3) is 6.47 Å². The molecular weight excluding hydrogens is 324 g/mol. The minimum Gasteiger partial charge on any atom is -0.483 e. The van der Waals surface area contributed by atoms with Gasteiger partial charge in [0.15, 0.2) is 0 Å². The van der Waals surface area contributed by atoms with Crippen LogP contribution in [0.5, 0.6) is 0 Å². The zero-order chi connectivity index (χ0) is 18.5. The molecule has 8 nitrogen and oxygen atoms in total. The lowest BCUT2D eigenvalue weighted by Crippen LogP contribution is -2.41. The van der Waals surface area contributed by atoms with E-state index < -0.39 is 0 Å². The highest BCUT2D eigenvalue weighted by atomic mass is 16.5. The van der Waals surface area contributed by atoms with Gasteiger partial charge in [0.2, 0.25) is 0 Å². The van der Waals surface area contributed by atoms with E-state index in [0.717, 1.165) is 44.8 Å². The Bertz CT molecular complexity index is 501. The third-order valence-electron chi connectivity index (χ3n) is 4.12. The van der Waals surface area contributed by atoms with Crippen molar-refractivity contribution in [2.45, 2.75) is 39.2 Å². The number of hydrogen-bond acceptors (Lipinski definition) is 4. The van der Waals surface area contributed by atoms with E-state index in [4.69, 9.17) is 14.6 Å². The molecule has 1 aromatic heterocycles. The van der Waals surface area contributed by atoms with Crippen LogP contribution in [0.25, 0.3) is 0 Å². The second-order valence-electron chi connectivity index (χ2n) is 6.09. The van der Waals surface area contributed by atoms with Crippen LogP contribution < -0.4 is 5.32 Å². The molecule has 2 rings (SSSR count). The first kappa shape index (κ1) is 21.0. The number of amides is 2. The Hall–Kier alpha value is -2.09. The van der Waals surface area contributed by atoms with Crippen molar-refractivity contribution in [2.75, 3.05) is 26.3 Å². The number of carbonyl (C=O) groups excluding carboxylic acids is 1. The maximum Gasteiger partial charge on any atom is 0.317 e. The summed E-state index contributed by atoms with van der Waals surface area (Å²) in [5, 5.41) is 9.93. The Morgan fingerprint density at radius 3 is 2.92 bits per heavy atom. The highest BCUT2D eigenvalue weighted by Crippen LogP contribution is 2.16. The lowest BCUT2D eigenvalue weighted by atomic mass is 9.99. The van der Waals surface area contributed by atoms with Crippen molar-refractivity contribution in [2.24, 2.45) is 13.0 Å². The fraction of sp³-hybridized carbons (Fsp3) is 0.706. The van der Waals surface area contributed by atoms with Crippen molar-refractivity contribution in [3.05, 3.63) is 18.2 Å². The second kappa shape index (κ2) is 12.3. The first-order valence-corrected chi connectivity index (χ1v) is 8.76. The Balaban J connectivity index is 0.000000970. The summed E-state index contributed by atoms with van der Waals surface area (Å²) in [7, 11) is 1.95. The molecule has 2 heterocycles. The molecule has 1 saturated heterocycles. The number of aromatic nitrogens is 2. The lowest BCUT2D eigenvalue weighted by molar-refractivity contribution is -0.122. The molecule has 25 heavy (non-hydrogen) atoms. The number of carbonyl (C=O) groups is 2. The Labute approximate surface area is 149 Å². The normalized spacial score (nSPS) is 16.5.